The number of hydrogen-bond donors (Lipinski definition) is 0. The molecular formula is C17H15N3O2. The van der Waals surface area contributed by atoms with Crippen molar-refractivity contribution >= 4 is 0 Å². The lowest BCUT2D eigenvalue weighted by molar-refractivity contribution is 0.416. The van der Waals surface area contributed by atoms with Crippen LogP contribution in [0.1, 0.15) is 5.56 Å². The third kappa shape index (κ3) is 2.88. The molecular weight excluding hydrogens is 278 g/mol. The Labute approximate surface area is 127 Å². The third-order valence-electron chi connectivity index (χ3n) is 3.33. The molecule has 0 fully saturated rings. The van der Waals surface area contributed by atoms with Crippen LogP contribution in [0.15, 0.2) is 65.7 Å². The minimum atomic E-state index is -0.143. The van der Waals surface area contributed by atoms with Gasteiger partial charge in [-0.25, -0.2) is 4.68 Å². The summed E-state index contributed by atoms with van der Waals surface area (Å²) < 4.78 is 6.79. The number of benzene rings is 1. The van der Waals surface area contributed by atoms with Gasteiger partial charge in [0.2, 0.25) is 0 Å². The van der Waals surface area contributed by atoms with E-state index in [-0.39, 0.29) is 5.56 Å². The van der Waals surface area contributed by atoms with Crippen LogP contribution in [0, 0.1) is 0 Å². The van der Waals surface area contributed by atoms with Gasteiger partial charge in [-0.2, -0.15) is 5.10 Å². The lowest BCUT2D eigenvalue weighted by atomic mass is 10.1. The maximum absolute atomic E-state index is 12.0. The second-order valence-electron chi connectivity index (χ2n) is 4.77. The Bertz CT molecular complexity index is 829. The molecule has 0 atom stereocenters. The number of nitrogens with zero attached hydrogens (tertiary/aromatic N) is 3. The molecule has 0 saturated heterocycles. The lowest BCUT2D eigenvalue weighted by Crippen LogP contribution is -2.22. The van der Waals surface area contributed by atoms with Crippen molar-refractivity contribution in [1.29, 1.82) is 0 Å². The second kappa shape index (κ2) is 6.22. The van der Waals surface area contributed by atoms with Crippen molar-refractivity contribution in [3.63, 3.8) is 0 Å². The molecule has 0 N–H and O–H groups in total. The molecule has 22 heavy (non-hydrogen) atoms. The van der Waals surface area contributed by atoms with Gasteiger partial charge >= 0.3 is 0 Å². The van der Waals surface area contributed by atoms with Crippen LogP contribution >= 0.6 is 0 Å². The average Bonchev–Trinajstić information content (AvgIpc) is 2.58. The Morgan fingerprint density at radius 3 is 2.59 bits per heavy atom. The zero-order chi connectivity index (χ0) is 15.4. The first-order chi connectivity index (χ1) is 10.8. The van der Waals surface area contributed by atoms with Gasteiger partial charge in [0.1, 0.15) is 5.75 Å². The van der Waals surface area contributed by atoms with E-state index in [1.807, 2.05) is 36.4 Å². The minimum absolute atomic E-state index is 0.143. The summed E-state index contributed by atoms with van der Waals surface area (Å²) in [5.74, 6) is 0.726. The van der Waals surface area contributed by atoms with Crippen LogP contribution in [0.25, 0.3) is 11.3 Å². The maximum atomic E-state index is 12.0. The summed E-state index contributed by atoms with van der Waals surface area (Å²) in [5, 5.41) is 4.45. The monoisotopic (exact) mass is 293 g/mol. The van der Waals surface area contributed by atoms with Gasteiger partial charge in [-0.3, -0.25) is 9.78 Å². The van der Waals surface area contributed by atoms with Gasteiger partial charge < -0.3 is 4.74 Å². The van der Waals surface area contributed by atoms with Crippen LogP contribution in [-0.2, 0) is 6.54 Å². The van der Waals surface area contributed by atoms with Crippen LogP contribution < -0.4 is 10.3 Å². The highest BCUT2D eigenvalue weighted by Crippen LogP contribution is 2.27. The summed E-state index contributed by atoms with van der Waals surface area (Å²) in [4.78, 5) is 16.0. The van der Waals surface area contributed by atoms with Gasteiger partial charge in [0.05, 0.1) is 19.3 Å². The molecule has 0 bridgehead atoms. The number of rotatable bonds is 4. The Balaban J connectivity index is 2.01. The molecule has 0 unspecified atom stereocenters. The molecule has 2 aromatic heterocycles. The number of ether oxygens (including phenoxy) is 1. The number of methoxy groups -OCH3 is 1. The van der Waals surface area contributed by atoms with E-state index in [1.165, 1.54) is 10.7 Å². The van der Waals surface area contributed by atoms with E-state index >= 15 is 0 Å². The molecule has 5 nitrogen and oxygen atoms in total. The van der Waals surface area contributed by atoms with E-state index in [9.17, 15) is 4.79 Å². The van der Waals surface area contributed by atoms with Gasteiger partial charge in [-0.15, -0.1) is 0 Å². The van der Waals surface area contributed by atoms with E-state index in [0.717, 1.165) is 16.9 Å². The average molecular weight is 293 g/mol. The van der Waals surface area contributed by atoms with Crippen LogP contribution in [0.3, 0.4) is 0 Å². The number of aromatic nitrogens is 3. The summed E-state index contributed by atoms with van der Waals surface area (Å²) in [7, 11) is 1.62. The van der Waals surface area contributed by atoms with Crippen molar-refractivity contribution in [2.45, 2.75) is 6.54 Å². The van der Waals surface area contributed by atoms with Gasteiger partial charge in [-0.05, 0) is 35.9 Å². The number of pyridine rings is 1. The third-order valence-corrected chi connectivity index (χ3v) is 3.33. The van der Waals surface area contributed by atoms with E-state index in [0.29, 0.717) is 12.2 Å². The largest absolute Gasteiger partial charge is 0.496 e. The molecule has 0 aliphatic heterocycles. The van der Waals surface area contributed by atoms with E-state index in [2.05, 4.69) is 10.1 Å². The fourth-order valence-electron chi connectivity index (χ4n) is 2.22. The first-order valence-electron chi connectivity index (χ1n) is 6.88. The Morgan fingerprint density at radius 1 is 1.05 bits per heavy atom. The molecule has 0 aliphatic rings. The van der Waals surface area contributed by atoms with Crippen molar-refractivity contribution in [3.05, 3.63) is 76.8 Å². The van der Waals surface area contributed by atoms with E-state index < -0.39 is 0 Å². The quantitative estimate of drug-likeness (QED) is 0.741. The normalized spacial score (nSPS) is 10.4. The van der Waals surface area contributed by atoms with Gasteiger partial charge in [-0.1, -0.05) is 12.1 Å². The van der Waals surface area contributed by atoms with Crippen molar-refractivity contribution in [1.82, 2.24) is 14.8 Å². The molecule has 0 aliphatic carbocycles. The Kier molecular flexibility index (Phi) is 3.96. The van der Waals surface area contributed by atoms with Crippen molar-refractivity contribution in [2.75, 3.05) is 7.11 Å². The molecule has 110 valence electrons. The fourth-order valence-corrected chi connectivity index (χ4v) is 2.22. The molecule has 3 aromatic rings. The summed E-state index contributed by atoms with van der Waals surface area (Å²) in [6.07, 6.45) is 3.40. The smallest absolute Gasteiger partial charge is 0.267 e. The van der Waals surface area contributed by atoms with Crippen LogP contribution in [-0.4, -0.2) is 21.9 Å². The molecule has 2 heterocycles. The van der Waals surface area contributed by atoms with Crippen LogP contribution in [0.2, 0.25) is 0 Å². The van der Waals surface area contributed by atoms with E-state index in [1.54, 1.807) is 25.6 Å². The van der Waals surface area contributed by atoms with E-state index in [4.69, 9.17) is 4.74 Å². The molecule has 0 saturated carbocycles. The van der Waals surface area contributed by atoms with Gasteiger partial charge in [0.25, 0.3) is 5.56 Å². The molecule has 0 spiro atoms. The summed E-state index contributed by atoms with van der Waals surface area (Å²) >= 11 is 0. The summed E-state index contributed by atoms with van der Waals surface area (Å²) in [5.41, 5.74) is 2.39. The standard InChI is InChI=1S/C17H15N3O2/c1-22-16-5-3-2-4-14(16)15-6-7-17(21)20(19-15)12-13-8-10-18-11-9-13/h2-11H,12H2,1H3. The van der Waals surface area contributed by atoms with Crippen LogP contribution in [0.4, 0.5) is 0 Å². The highest BCUT2D eigenvalue weighted by molar-refractivity contribution is 5.66. The molecule has 5 heteroatoms. The molecule has 0 radical (unpaired) electrons. The summed E-state index contributed by atoms with van der Waals surface area (Å²) in [6.45, 7) is 0.407. The maximum Gasteiger partial charge on any atom is 0.267 e. The first kappa shape index (κ1) is 14.0. The topological polar surface area (TPSA) is 57.0 Å². The van der Waals surface area contributed by atoms with Crippen LogP contribution in [0.5, 0.6) is 5.75 Å². The fraction of sp³-hybridized carbons (Fsp3) is 0.118. The zero-order valence-electron chi connectivity index (χ0n) is 12.1. The van der Waals surface area contributed by atoms with Crippen molar-refractivity contribution in [3.8, 4) is 17.0 Å². The highest BCUT2D eigenvalue weighted by Gasteiger charge is 2.08. The Hall–Kier alpha value is -2.95. The predicted molar refractivity (Wildman–Crippen MR) is 83.8 cm³/mol. The minimum Gasteiger partial charge on any atom is -0.496 e. The molecule has 3 rings (SSSR count). The van der Waals surface area contributed by atoms with Crippen molar-refractivity contribution in [2.24, 2.45) is 0 Å². The lowest BCUT2D eigenvalue weighted by Gasteiger charge is -2.10. The Morgan fingerprint density at radius 2 is 1.82 bits per heavy atom. The van der Waals surface area contributed by atoms with Crippen molar-refractivity contribution < 1.29 is 4.74 Å². The SMILES string of the molecule is COc1ccccc1-c1ccc(=O)n(Cc2ccncc2)n1. The first-order valence-corrected chi connectivity index (χ1v) is 6.88. The van der Waals surface area contributed by atoms with Gasteiger partial charge in [0.15, 0.2) is 0 Å². The zero-order valence-corrected chi connectivity index (χ0v) is 12.1. The predicted octanol–water partition coefficient (Wildman–Crippen LogP) is 2.36. The number of hydrogen-bond acceptors (Lipinski definition) is 4. The molecule has 0 amide bonds. The van der Waals surface area contributed by atoms with Gasteiger partial charge in [0, 0.05) is 24.0 Å². The number of para-hydroxylation sites is 1. The summed E-state index contributed by atoms with van der Waals surface area (Å²) in [6, 6.07) is 14.6. The second-order valence-corrected chi connectivity index (χ2v) is 4.77. The molecule has 1 aromatic carbocycles. The highest BCUT2D eigenvalue weighted by atomic mass is 16.5.